The van der Waals surface area contributed by atoms with Gasteiger partial charge in [0.15, 0.2) is 0 Å². The van der Waals surface area contributed by atoms with Gasteiger partial charge in [-0.25, -0.2) is 0 Å². The molecule has 1 heterocycles. The van der Waals surface area contributed by atoms with Crippen molar-refractivity contribution in [3.8, 4) is 11.8 Å². The minimum Gasteiger partial charge on any atom is -0.339 e. The minimum absolute atomic E-state index is 0.102. The van der Waals surface area contributed by atoms with Gasteiger partial charge in [-0.1, -0.05) is 37.0 Å². The molecule has 1 fully saturated rings. The summed E-state index contributed by atoms with van der Waals surface area (Å²) in [5.74, 6) is 7.04. The molecule has 0 aliphatic carbocycles. The molecule has 1 unspecified atom stereocenters. The van der Waals surface area contributed by atoms with E-state index in [1.807, 2.05) is 41.3 Å². The van der Waals surface area contributed by atoms with Gasteiger partial charge in [0.05, 0.1) is 0 Å². The van der Waals surface area contributed by atoms with Crippen molar-refractivity contribution in [2.45, 2.75) is 39.5 Å². The Morgan fingerprint density at radius 3 is 2.36 bits per heavy atom. The third-order valence-electron chi connectivity index (χ3n) is 5.03. The van der Waals surface area contributed by atoms with Gasteiger partial charge in [0.1, 0.15) is 5.78 Å². The smallest absolute Gasteiger partial charge is 0.253 e. The molecule has 1 aliphatic heterocycles. The van der Waals surface area contributed by atoms with Crippen molar-refractivity contribution in [3.63, 3.8) is 0 Å². The number of Topliss-reactive ketones (excluding diaryl/α,β-unsaturated/α-hetero) is 1. The van der Waals surface area contributed by atoms with Crippen molar-refractivity contribution in [2.75, 3.05) is 13.1 Å². The van der Waals surface area contributed by atoms with Crippen LogP contribution in [0, 0.1) is 17.8 Å². The summed E-state index contributed by atoms with van der Waals surface area (Å²) in [6.07, 6.45) is 3.70. The molecular weight excluding hydrogens is 346 g/mol. The summed E-state index contributed by atoms with van der Waals surface area (Å²) in [7, 11) is 0. The molecule has 3 heteroatoms. The molecule has 28 heavy (non-hydrogen) atoms. The number of carbonyl (C=O) groups is 2. The summed E-state index contributed by atoms with van der Waals surface area (Å²) in [6, 6.07) is 15.8. The van der Waals surface area contributed by atoms with Crippen molar-refractivity contribution in [1.82, 2.24) is 4.90 Å². The minimum atomic E-state index is 0.102. The van der Waals surface area contributed by atoms with Crippen LogP contribution in [-0.2, 0) is 11.2 Å². The summed E-state index contributed by atoms with van der Waals surface area (Å²) in [5, 5.41) is 0. The molecule has 1 aliphatic rings. The third kappa shape index (κ3) is 5.57. The van der Waals surface area contributed by atoms with Gasteiger partial charge in [-0.05, 0) is 68.0 Å². The van der Waals surface area contributed by atoms with Gasteiger partial charge < -0.3 is 9.69 Å². The van der Waals surface area contributed by atoms with Crippen LogP contribution in [0.25, 0.3) is 0 Å². The molecular formula is C25H27NO2. The molecule has 2 aromatic rings. The fraction of sp³-hybridized carbons (Fsp3) is 0.360. The lowest BCUT2D eigenvalue weighted by atomic mass is 9.96. The average Bonchev–Trinajstić information content (AvgIpc) is 3.21. The lowest BCUT2D eigenvalue weighted by Crippen LogP contribution is -2.27. The lowest BCUT2D eigenvalue weighted by molar-refractivity contribution is -0.117. The van der Waals surface area contributed by atoms with E-state index in [-0.39, 0.29) is 11.7 Å². The Balaban J connectivity index is 1.65. The number of carbonyl (C=O) groups excluding carboxylic acids is 2. The van der Waals surface area contributed by atoms with E-state index in [9.17, 15) is 9.59 Å². The molecule has 0 saturated carbocycles. The van der Waals surface area contributed by atoms with E-state index in [4.69, 9.17) is 0 Å². The highest BCUT2D eigenvalue weighted by molar-refractivity contribution is 5.94. The first-order valence-corrected chi connectivity index (χ1v) is 10.0. The second kappa shape index (κ2) is 9.37. The molecule has 1 atom stereocenters. The monoisotopic (exact) mass is 373 g/mol. The number of ketones is 1. The van der Waals surface area contributed by atoms with Gasteiger partial charge in [0.25, 0.3) is 5.91 Å². The van der Waals surface area contributed by atoms with Gasteiger partial charge in [0.2, 0.25) is 0 Å². The number of rotatable bonds is 5. The Bertz CT molecular complexity index is 896. The van der Waals surface area contributed by atoms with Crippen LogP contribution >= 0.6 is 0 Å². The zero-order chi connectivity index (χ0) is 19.9. The topological polar surface area (TPSA) is 37.4 Å². The molecule has 0 radical (unpaired) electrons. The molecule has 1 amide bonds. The van der Waals surface area contributed by atoms with Crippen LogP contribution in [0.1, 0.15) is 60.2 Å². The number of nitrogens with zero attached hydrogens (tertiary/aromatic N) is 1. The third-order valence-corrected chi connectivity index (χ3v) is 5.03. The second-order valence-electron chi connectivity index (χ2n) is 7.74. The predicted octanol–water partition coefficient (Wildman–Crippen LogP) is 4.48. The molecule has 2 aromatic carbocycles. The quantitative estimate of drug-likeness (QED) is 0.725. The molecule has 0 aromatic heterocycles. The van der Waals surface area contributed by atoms with Crippen LogP contribution in [0.2, 0.25) is 0 Å². The van der Waals surface area contributed by atoms with Gasteiger partial charge >= 0.3 is 0 Å². The van der Waals surface area contributed by atoms with E-state index in [2.05, 4.69) is 30.9 Å². The standard InChI is InChI=1S/C25H27NO2/c1-19(16-20(2)27)17-23-12-9-21(10-13-23)8-11-22-6-5-7-24(18-22)25(28)26-14-3-4-15-26/h5-7,9-10,12-13,18-19H,3-4,14-17H2,1-2H3. The fourth-order valence-corrected chi connectivity index (χ4v) is 3.67. The van der Waals surface area contributed by atoms with Crippen LogP contribution in [0.15, 0.2) is 48.5 Å². The van der Waals surface area contributed by atoms with Crippen LogP contribution in [-0.4, -0.2) is 29.7 Å². The first-order valence-electron chi connectivity index (χ1n) is 10.0. The fourth-order valence-electron chi connectivity index (χ4n) is 3.67. The zero-order valence-corrected chi connectivity index (χ0v) is 16.7. The highest BCUT2D eigenvalue weighted by Crippen LogP contribution is 2.15. The molecule has 0 spiro atoms. The lowest BCUT2D eigenvalue weighted by Gasteiger charge is -2.15. The highest BCUT2D eigenvalue weighted by Gasteiger charge is 2.19. The van der Waals surface area contributed by atoms with Crippen molar-refractivity contribution in [1.29, 1.82) is 0 Å². The van der Waals surface area contributed by atoms with Gasteiger partial charge in [0, 0.05) is 36.2 Å². The Morgan fingerprint density at radius 1 is 1.00 bits per heavy atom. The molecule has 0 bridgehead atoms. The van der Waals surface area contributed by atoms with Crippen LogP contribution in [0.3, 0.4) is 0 Å². The SMILES string of the molecule is CC(=O)CC(C)Cc1ccc(C#Cc2cccc(C(=O)N3CCCC3)c2)cc1. The predicted molar refractivity (Wildman–Crippen MR) is 112 cm³/mol. The van der Waals surface area contributed by atoms with E-state index in [1.165, 1.54) is 5.56 Å². The van der Waals surface area contributed by atoms with Gasteiger partial charge in [-0.3, -0.25) is 4.79 Å². The van der Waals surface area contributed by atoms with Crippen LogP contribution in [0.4, 0.5) is 0 Å². The van der Waals surface area contributed by atoms with E-state index < -0.39 is 0 Å². The maximum absolute atomic E-state index is 12.5. The van der Waals surface area contributed by atoms with Crippen molar-refractivity contribution >= 4 is 11.7 Å². The summed E-state index contributed by atoms with van der Waals surface area (Å²) >= 11 is 0. The summed E-state index contributed by atoms with van der Waals surface area (Å²) < 4.78 is 0. The van der Waals surface area contributed by atoms with Crippen LogP contribution < -0.4 is 0 Å². The van der Waals surface area contributed by atoms with Gasteiger partial charge in [-0.2, -0.15) is 0 Å². The number of likely N-dealkylation sites (tertiary alicyclic amines) is 1. The number of benzene rings is 2. The summed E-state index contributed by atoms with van der Waals surface area (Å²) in [5.41, 5.74) is 3.73. The normalized spacial score (nSPS) is 14.3. The Morgan fingerprint density at radius 2 is 1.68 bits per heavy atom. The molecule has 3 nitrogen and oxygen atoms in total. The van der Waals surface area contributed by atoms with E-state index in [0.29, 0.717) is 17.9 Å². The number of hydrogen-bond donors (Lipinski definition) is 0. The van der Waals surface area contributed by atoms with E-state index in [0.717, 1.165) is 43.5 Å². The van der Waals surface area contributed by atoms with Crippen LogP contribution in [0.5, 0.6) is 0 Å². The maximum Gasteiger partial charge on any atom is 0.253 e. The molecule has 1 saturated heterocycles. The second-order valence-corrected chi connectivity index (χ2v) is 7.74. The Hall–Kier alpha value is -2.86. The number of amides is 1. The highest BCUT2D eigenvalue weighted by atomic mass is 16.2. The first kappa shape index (κ1) is 19.9. The number of hydrogen-bond acceptors (Lipinski definition) is 2. The molecule has 144 valence electrons. The van der Waals surface area contributed by atoms with Crippen molar-refractivity contribution in [2.24, 2.45) is 5.92 Å². The van der Waals surface area contributed by atoms with E-state index >= 15 is 0 Å². The maximum atomic E-state index is 12.5. The molecule has 0 N–H and O–H groups in total. The van der Waals surface area contributed by atoms with Gasteiger partial charge in [-0.15, -0.1) is 0 Å². The average molecular weight is 373 g/mol. The summed E-state index contributed by atoms with van der Waals surface area (Å²) in [4.78, 5) is 25.7. The summed E-state index contributed by atoms with van der Waals surface area (Å²) in [6.45, 7) is 5.45. The largest absolute Gasteiger partial charge is 0.339 e. The first-order chi connectivity index (χ1) is 13.5. The molecule has 3 rings (SSSR count). The van der Waals surface area contributed by atoms with Crippen molar-refractivity contribution in [3.05, 3.63) is 70.8 Å². The Kier molecular flexibility index (Phi) is 6.66. The van der Waals surface area contributed by atoms with E-state index in [1.54, 1.807) is 6.92 Å². The zero-order valence-electron chi connectivity index (χ0n) is 16.7. The van der Waals surface area contributed by atoms with Crippen molar-refractivity contribution < 1.29 is 9.59 Å². The Labute approximate surface area is 167 Å².